The third-order valence-corrected chi connectivity index (χ3v) is 6.80. The molecule has 0 spiro atoms. The first-order valence-electron chi connectivity index (χ1n) is 9.37. The van der Waals surface area contributed by atoms with E-state index in [-0.39, 0.29) is 17.4 Å². The monoisotopic (exact) mass is 407 g/mol. The van der Waals surface area contributed by atoms with Crippen molar-refractivity contribution in [3.05, 3.63) is 58.1 Å². The molecule has 1 saturated heterocycles. The zero-order valence-corrected chi connectivity index (χ0v) is 16.5. The Labute approximate surface area is 167 Å². The zero-order valence-electron chi connectivity index (χ0n) is 15.7. The summed E-state index contributed by atoms with van der Waals surface area (Å²) < 4.78 is 39.4. The fourth-order valence-corrected chi connectivity index (χ4v) is 5.10. The van der Waals surface area contributed by atoms with E-state index >= 15 is 0 Å². The van der Waals surface area contributed by atoms with Crippen molar-refractivity contribution in [1.82, 2.24) is 4.90 Å². The maximum Gasteiger partial charge on any atom is 0.416 e. The number of amides is 1. The maximum atomic E-state index is 13.1. The van der Waals surface area contributed by atoms with Gasteiger partial charge in [0, 0.05) is 35.5 Å². The second-order valence-corrected chi connectivity index (χ2v) is 8.45. The van der Waals surface area contributed by atoms with Gasteiger partial charge in [0.2, 0.25) is 5.91 Å². The number of aryl methyl sites for hydroxylation is 1. The molecule has 4 rings (SSSR count). The predicted molar refractivity (Wildman–Crippen MR) is 103 cm³/mol. The quantitative estimate of drug-likeness (QED) is 0.580. The topological polar surface area (TPSA) is 20.3 Å². The summed E-state index contributed by atoms with van der Waals surface area (Å²) in [6.45, 7) is 2.19. The Balaban J connectivity index is 1.77. The van der Waals surface area contributed by atoms with Gasteiger partial charge in [-0.2, -0.15) is 13.2 Å². The van der Waals surface area contributed by atoms with Crippen LogP contribution >= 0.6 is 11.6 Å². The first-order valence-corrected chi connectivity index (χ1v) is 9.75. The van der Waals surface area contributed by atoms with E-state index in [2.05, 4.69) is 6.92 Å². The van der Waals surface area contributed by atoms with Gasteiger partial charge in [0.1, 0.15) is 0 Å². The van der Waals surface area contributed by atoms with Crippen LogP contribution in [0.25, 0.3) is 11.1 Å². The van der Waals surface area contributed by atoms with Crippen LogP contribution in [0.5, 0.6) is 0 Å². The molecule has 148 valence electrons. The fraction of sp³-hybridized carbons (Fsp3) is 0.409. The number of hydrogen-bond acceptors (Lipinski definition) is 1. The molecule has 1 aliphatic carbocycles. The second kappa shape index (κ2) is 6.51. The van der Waals surface area contributed by atoms with Crippen LogP contribution in [0.3, 0.4) is 0 Å². The molecule has 6 heteroatoms. The number of benzene rings is 2. The van der Waals surface area contributed by atoms with Gasteiger partial charge in [0.15, 0.2) is 0 Å². The van der Waals surface area contributed by atoms with Crippen molar-refractivity contribution in [2.75, 3.05) is 7.05 Å². The Hall–Kier alpha value is -2.01. The summed E-state index contributed by atoms with van der Waals surface area (Å²) in [4.78, 5) is 14.0. The molecule has 0 unspecified atom stereocenters. The minimum atomic E-state index is -4.41. The lowest BCUT2D eigenvalue weighted by atomic mass is 9.63. The SMILES string of the molecule is CN1C(=O)CC[C@]2(C)c3ccc(-c4cc(C(F)(F)F)ccc4Cl)cc3CC[C@@H]12. The Morgan fingerprint density at radius 2 is 1.89 bits per heavy atom. The summed E-state index contributed by atoms with van der Waals surface area (Å²) >= 11 is 6.23. The molecule has 0 bridgehead atoms. The van der Waals surface area contributed by atoms with Crippen LogP contribution in [0.2, 0.25) is 5.02 Å². The number of nitrogens with zero attached hydrogens (tertiary/aromatic N) is 1. The van der Waals surface area contributed by atoms with E-state index in [0.717, 1.165) is 37.0 Å². The lowest BCUT2D eigenvalue weighted by Crippen LogP contribution is -2.56. The van der Waals surface area contributed by atoms with E-state index < -0.39 is 11.7 Å². The van der Waals surface area contributed by atoms with Crippen LogP contribution < -0.4 is 0 Å². The molecule has 2 nitrogen and oxygen atoms in total. The predicted octanol–water partition coefficient (Wildman–Crippen LogP) is 5.85. The van der Waals surface area contributed by atoms with E-state index in [4.69, 9.17) is 11.6 Å². The number of hydrogen-bond donors (Lipinski definition) is 0. The molecule has 28 heavy (non-hydrogen) atoms. The summed E-state index contributed by atoms with van der Waals surface area (Å²) in [7, 11) is 1.87. The van der Waals surface area contributed by atoms with Crippen molar-refractivity contribution in [2.24, 2.45) is 0 Å². The summed E-state index contributed by atoms with van der Waals surface area (Å²) in [5, 5.41) is 0.302. The Morgan fingerprint density at radius 3 is 2.61 bits per heavy atom. The average molecular weight is 408 g/mol. The Kier molecular flexibility index (Phi) is 4.49. The highest BCUT2D eigenvalue weighted by Crippen LogP contribution is 2.47. The maximum absolute atomic E-state index is 13.1. The third kappa shape index (κ3) is 3.00. The molecule has 0 aromatic heterocycles. The lowest BCUT2D eigenvalue weighted by Gasteiger charge is -2.50. The molecular formula is C22H21ClF3NO. The third-order valence-electron chi connectivity index (χ3n) is 6.47. The molecule has 0 saturated carbocycles. The van der Waals surface area contributed by atoms with Crippen molar-refractivity contribution in [3.63, 3.8) is 0 Å². The number of carbonyl (C=O) groups excluding carboxylic acids is 1. The van der Waals surface area contributed by atoms with Crippen LogP contribution in [-0.4, -0.2) is 23.9 Å². The number of carbonyl (C=O) groups is 1. The largest absolute Gasteiger partial charge is 0.416 e. The molecular weight excluding hydrogens is 387 g/mol. The lowest BCUT2D eigenvalue weighted by molar-refractivity contribution is -0.138. The van der Waals surface area contributed by atoms with Crippen LogP contribution in [-0.2, 0) is 22.8 Å². The number of likely N-dealkylation sites (tertiary alicyclic amines) is 1. The van der Waals surface area contributed by atoms with Crippen molar-refractivity contribution in [1.29, 1.82) is 0 Å². The first kappa shape index (κ1) is 19.3. The molecule has 1 heterocycles. The van der Waals surface area contributed by atoms with E-state index in [1.54, 1.807) is 0 Å². The number of piperidine rings is 1. The highest BCUT2D eigenvalue weighted by molar-refractivity contribution is 6.33. The van der Waals surface area contributed by atoms with Gasteiger partial charge in [0.05, 0.1) is 5.56 Å². The van der Waals surface area contributed by atoms with Gasteiger partial charge in [-0.3, -0.25) is 4.79 Å². The fourth-order valence-electron chi connectivity index (χ4n) is 4.88. The zero-order chi connectivity index (χ0) is 20.3. The Morgan fingerprint density at radius 1 is 1.14 bits per heavy atom. The van der Waals surface area contributed by atoms with Crippen LogP contribution in [0.4, 0.5) is 13.2 Å². The van der Waals surface area contributed by atoms with Crippen molar-refractivity contribution >= 4 is 17.5 Å². The van der Waals surface area contributed by atoms with E-state index in [0.29, 0.717) is 22.6 Å². The molecule has 2 atom stereocenters. The van der Waals surface area contributed by atoms with E-state index in [9.17, 15) is 18.0 Å². The number of alkyl halides is 3. The van der Waals surface area contributed by atoms with Gasteiger partial charge in [-0.15, -0.1) is 0 Å². The Bertz CT molecular complexity index is 955. The van der Waals surface area contributed by atoms with Crippen molar-refractivity contribution in [3.8, 4) is 11.1 Å². The van der Waals surface area contributed by atoms with Gasteiger partial charge < -0.3 is 4.90 Å². The van der Waals surface area contributed by atoms with Gasteiger partial charge in [-0.05, 0) is 54.2 Å². The van der Waals surface area contributed by atoms with Gasteiger partial charge >= 0.3 is 6.18 Å². The normalized spacial score (nSPS) is 24.7. The molecule has 0 radical (unpaired) electrons. The number of likely N-dealkylation sites (N-methyl/N-ethyl adjacent to an activating group) is 1. The molecule has 1 fully saturated rings. The van der Waals surface area contributed by atoms with E-state index in [1.165, 1.54) is 11.6 Å². The summed E-state index contributed by atoms with van der Waals surface area (Å²) in [6, 6.07) is 9.41. The van der Waals surface area contributed by atoms with E-state index in [1.807, 2.05) is 30.1 Å². The van der Waals surface area contributed by atoms with Crippen molar-refractivity contribution < 1.29 is 18.0 Å². The van der Waals surface area contributed by atoms with Crippen LogP contribution in [0.1, 0.15) is 42.9 Å². The molecule has 1 aliphatic heterocycles. The van der Waals surface area contributed by atoms with Crippen LogP contribution in [0, 0.1) is 0 Å². The van der Waals surface area contributed by atoms with Gasteiger partial charge in [-0.1, -0.05) is 36.7 Å². The smallest absolute Gasteiger partial charge is 0.342 e. The summed E-state index contributed by atoms with van der Waals surface area (Å²) in [5.74, 6) is 0.179. The first-order chi connectivity index (χ1) is 13.1. The average Bonchev–Trinajstić information content (AvgIpc) is 2.64. The second-order valence-electron chi connectivity index (χ2n) is 8.04. The van der Waals surface area contributed by atoms with Gasteiger partial charge in [0.25, 0.3) is 0 Å². The number of fused-ring (bicyclic) bond motifs is 3. The molecule has 2 aromatic carbocycles. The number of rotatable bonds is 1. The minimum Gasteiger partial charge on any atom is -0.342 e. The molecule has 0 N–H and O–H groups in total. The number of halogens is 4. The highest BCUT2D eigenvalue weighted by atomic mass is 35.5. The molecule has 1 amide bonds. The molecule has 2 aliphatic rings. The molecule has 2 aromatic rings. The highest BCUT2D eigenvalue weighted by Gasteiger charge is 2.46. The van der Waals surface area contributed by atoms with Gasteiger partial charge in [-0.25, -0.2) is 0 Å². The van der Waals surface area contributed by atoms with Crippen molar-refractivity contribution in [2.45, 2.75) is 50.2 Å². The standard InChI is InChI=1S/C22H21ClF3NO/c1-21-10-9-20(28)27(2)19(21)8-4-14-11-13(3-6-17(14)21)16-12-15(22(24,25)26)5-7-18(16)23/h3,5-7,11-12,19H,4,8-10H2,1-2H3/t19-,21-/m1/s1. The minimum absolute atomic E-state index is 0.133. The summed E-state index contributed by atoms with van der Waals surface area (Å²) in [5.41, 5.74) is 2.57. The van der Waals surface area contributed by atoms with Crippen LogP contribution in [0.15, 0.2) is 36.4 Å². The summed E-state index contributed by atoms with van der Waals surface area (Å²) in [6.07, 6.45) is -1.46.